The van der Waals surface area contributed by atoms with Gasteiger partial charge in [-0.05, 0) is 60.0 Å². The van der Waals surface area contributed by atoms with Gasteiger partial charge in [-0.15, -0.1) is 0 Å². The van der Waals surface area contributed by atoms with Gasteiger partial charge in [-0.1, -0.05) is 68.4 Å². The first-order valence-corrected chi connectivity index (χ1v) is 11.2. The predicted molar refractivity (Wildman–Crippen MR) is 128 cm³/mol. The van der Waals surface area contributed by atoms with Crippen LogP contribution in [0.4, 0.5) is 15.8 Å². The summed E-state index contributed by atoms with van der Waals surface area (Å²) in [7, 11) is 0. The van der Waals surface area contributed by atoms with Gasteiger partial charge in [-0.3, -0.25) is 9.69 Å². The number of hydrogen-bond donors (Lipinski definition) is 0. The first kappa shape index (κ1) is 21.1. The quantitative estimate of drug-likeness (QED) is 0.419. The molecule has 0 atom stereocenters. The zero-order valence-electron chi connectivity index (χ0n) is 17.5. The van der Waals surface area contributed by atoms with Crippen molar-refractivity contribution >= 4 is 40.3 Å². The number of amidine groups is 1. The van der Waals surface area contributed by atoms with Crippen LogP contribution in [0.5, 0.6) is 0 Å². The molecule has 3 aromatic carbocycles. The number of hydrogen-bond acceptors (Lipinski definition) is 3. The molecule has 5 heteroatoms. The molecule has 0 radical (unpaired) electrons. The second kappa shape index (κ2) is 9.31. The van der Waals surface area contributed by atoms with E-state index >= 15 is 0 Å². The Hall–Kier alpha value is -3.18. The maximum atomic E-state index is 14.2. The minimum Gasteiger partial charge on any atom is -0.268 e. The summed E-state index contributed by atoms with van der Waals surface area (Å²) in [5.41, 5.74) is 4.20. The normalized spacial score (nSPS) is 16.5. The summed E-state index contributed by atoms with van der Waals surface area (Å²) in [6.07, 6.45) is 3.24. The number of nitrogens with zero attached hydrogens (tertiary/aromatic N) is 2. The van der Waals surface area contributed by atoms with Crippen LogP contribution in [0.3, 0.4) is 0 Å². The van der Waals surface area contributed by atoms with Crippen LogP contribution >= 0.6 is 11.8 Å². The third-order valence-electron chi connectivity index (χ3n) is 5.20. The van der Waals surface area contributed by atoms with Crippen molar-refractivity contribution in [2.24, 2.45) is 4.99 Å². The maximum Gasteiger partial charge on any atom is 0.271 e. The number of rotatable bonds is 5. The van der Waals surface area contributed by atoms with E-state index in [4.69, 9.17) is 4.99 Å². The summed E-state index contributed by atoms with van der Waals surface area (Å²) >= 11 is 1.28. The van der Waals surface area contributed by atoms with Crippen LogP contribution in [0.25, 0.3) is 6.08 Å². The van der Waals surface area contributed by atoms with Crippen molar-refractivity contribution in [1.82, 2.24) is 0 Å². The van der Waals surface area contributed by atoms with Crippen molar-refractivity contribution < 1.29 is 9.18 Å². The second-order valence-electron chi connectivity index (χ2n) is 7.13. The van der Waals surface area contributed by atoms with Gasteiger partial charge in [0.1, 0.15) is 5.82 Å². The Morgan fingerprint density at radius 3 is 2.29 bits per heavy atom. The second-order valence-corrected chi connectivity index (χ2v) is 8.14. The summed E-state index contributed by atoms with van der Waals surface area (Å²) in [5.74, 6) is -0.549. The van der Waals surface area contributed by atoms with Crippen molar-refractivity contribution in [2.45, 2.75) is 26.7 Å². The molecule has 3 aromatic rings. The van der Waals surface area contributed by atoms with Crippen molar-refractivity contribution in [3.05, 3.63) is 100 Å². The molecular weight excluding hydrogens is 407 g/mol. The number of thioether (sulfide) groups is 1. The summed E-state index contributed by atoms with van der Waals surface area (Å²) < 4.78 is 14.2. The minimum atomic E-state index is -0.356. The number of benzene rings is 3. The van der Waals surface area contributed by atoms with Crippen molar-refractivity contribution in [3.8, 4) is 0 Å². The molecule has 1 fully saturated rings. The number of amides is 1. The van der Waals surface area contributed by atoms with E-state index < -0.39 is 0 Å². The molecular formula is C26H23FN2OS. The smallest absolute Gasteiger partial charge is 0.268 e. The van der Waals surface area contributed by atoms with Crippen LogP contribution in [-0.4, -0.2) is 11.1 Å². The SMILES string of the molecule is CCc1ccccc1N=C1S/C(=C\c2ccccc2F)C(=O)N1c1ccccc1CC. The molecule has 1 heterocycles. The van der Waals surface area contributed by atoms with Gasteiger partial charge < -0.3 is 0 Å². The van der Waals surface area contributed by atoms with E-state index in [2.05, 4.69) is 13.8 Å². The number of halogens is 1. The van der Waals surface area contributed by atoms with Gasteiger partial charge in [-0.25, -0.2) is 9.38 Å². The van der Waals surface area contributed by atoms with Crippen molar-refractivity contribution in [2.75, 3.05) is 4.90 Å². The van der Waals surface area contributed by atoms with Crippen LogP contribution in [0.2, 0.25) is 0 Å². The summed E-state index contributed by atoms with van der Waals surface area (Å²) in [5, 5.41) is 0.578. The highest BCUT2D eigenvalue weighted by Crippen LogP contribution is 2.39. The van der Waals surface area contributed by atoms with Crippen molar-refractivity contribution in [3.63, 3.8) is 0 Å². The van der Waals surface area contributed by atoms with E-state index in [1.54, 1.807) is 29.2 Å². The first-order chi connectivity index (χ1) is 15.1. The standard InChI is InChI=1S/C26H23FN2OS/c1-3-18-11-6-9-15-22(18)28-26-29(23-16-10-7-12-19(23)4-2)25(30)24(31-26)17-20-13-5-8-14-21(20)27/h5-17H,3-4H2,1-2H3/b24-17-,28-26?. The van der Waals surface area contributed by atoms with E-state index in [-0.39, 0.29) is 11.7 Å². The highest BCUT2D eigenvalue weighted by molar-refractivity contribution is 8.19. The largest absolute Gasteiger partial charge is 0.271 e. The van der Waals surface area contributed by atoms with Gasteiger partial charge in [0.2, 0.25) is 0 Å². The topological polar surface area (TPSA) is 32.7 Å². The number of aryl methyl sites for hydroxylation is 2. The summed E-state index contributed by atoms with van der Waals surface area (Å²) in [6, 6.07) is 22.2. The minimum absolute atomic E-state index is 0.193. The number of aliphatic imine (C=N–C) groups is 1. The van der Waals surface area contributed by atoms with Gasteiger partial charge in [-0.2, -0.15) is 0 Å². The lowest BCUT2D eigenvalue weighted by molar-refractivity contribution is -0.113. The molecule has 0 aromatic heterocycles. The van der Waals surface area contributed by atoms with Gasteiger partial charge in [0.05, 0.1) is 16.3 Å². The molecule has 0 saturated carbocycles. The monoisotopic (exact) mass is 430 g/mol. The van der Waals surface area contributed by atoms with E-state index in [0.717, 1.165) is 35.3 Å². The Balaban J connectivity index is 1.85. The first-order valence-electron chi connectivity index (χ1n) is 10.4. The highest BCUT2D eigenvalue weighted by Gasteiger charge is 2.36. The fourth-order valence-electron chi connectivity index (χ4n) is 3.54. The van der Waals surface area contributed by atoms with Crippen LogP contribution < -0.4 is 4.90 Å². The van der Waals surface area contributed by atoms with Gasteiger partial charge in [0, 0.05) is 5.56 Å². The van der Waals surface area contributed by atoms with Crippen LogP contribution in [0, 0.1) is 5.82 Å². The Bertz CT molecular complexity index is 1190. The fourth-order valence-corrected chi connectivity index (χ4v) is 4.52. The molecule has 1 aliphatic heterocycles. The van der Waals surface area contributed by atoms with Crippen LogP contribution in [0.1, 0.15) is 30.5 Å². The zero-order chi connectivity index (χ0) is 21.8. The van der Waals surface area contributed by atoms with Gasteiger partial charge in [0.25, 0.3) is 5.91 Å². The molecule has 1 aliphatic rings. The summed E-state index contributed by atoms with van der Waals surface area (Å²) in [6.45, 7) is 4.14. The average molecular weight is 431 g/mol. The molecule has 156 valence electrons. The van der Waals surface area contributed by atoms with E-state index in [9.17, 15) is 9.18 Å². The predicted octanol–water partition coefficient (Wildman–Crippen LogP) is 6.76. The number of para-hydroxylation sites is 2. The lowest BCUT2D eigenvalue weighted by atomic mass is 10.1. The number of carbonyl (C=O) groups is 1. The third kappa shape index (κ3) is 4.32. The summed E-state index contributed by atoms with van der Waals surface area (Å²) in [4.78, 5) is 20.5. The molecule has 3 nitrogen and oxygen atoms in total. The van der Waals surface area contributed by atoms with Crippen LogP contribution in [-0.2, 0) is 17.6 Å². The van der Waals surface area contributed by atoms with E-state index in [1.807, 2.05) is 48.5 Å². The molecule has 0 N–H and O–H groups in total. The Labute approximate surface area is 186 Å². The van der Waals surface area contributed by atoms with Gasteiger partial charge >= 0.3 is 0 Å². The maximum absolute atomic E-state index is 14.2. The molecule has 0 spiro atoms. The number of anilines is 1. The Morgan fingerprint density at radius 1 is 0.903 bits per heavy atom. The fraction of sp³-hybridized carbons (Fsp3) is 0.154. The zero-order valence-corrected chi connectivity index (χ0v) is 18.3. The van der Waals surface area contributed by atoms with E-state index in [1.165, 1.54) is 17.8 Å². The highest BCUT2D eigenvalue weighted by atomic mass is 32.2. The van der Waals surface area contributed by atoms with E-state index in [0.29, 0.717) is 15.6 Å². The van der Waals surface area contributed by atoms with Crippen LogP contribution in [0.15, 0.2) is 82.7 Å². The molecule has 0 aliphatic carbocycles. The lowest BCUT2D eigenvalue weighted by Gasteiger charge is -2.19. The molecule has 4 rings (SSSR count). The Morgan fingerprint density at radius 2 is 1.55 bits per heavy atom. The number of carbonyl (C=O) groups excluding carboxylic acids is 1. The molecule has 0 unspecified atom stereocenters. The third-order valence-corrected chi connectivity index (χ3v) is 6.17. The van der Waals surface area contributed by atoms with Gasteiger partial charge in [0.15, 0.2) is 5.17 Å². The Kier molecular flexibility index (Phi) is 6.33. The molecule has 1 amide bonds. The van der Waals surface area contributed by atoms with Crippen molar-refractivity contribution in [1.29, 1.82) is 0 Å². The molecule has 0 bridgehead atoms. The lowest BCUT2D eigenvalue weighted by Crippen LogP contribution is -2.29. The molecule has 1 saturated heterocycles. The average Bonchev–Trinajstić information content (AvgIpc) is 3.10. The molecule has 31 heavy (non-hydrogen) atoms.